The molecule has 2 aliphatic rings. The number of likely N-dealkylation sites (N-methyl/N-ethyl adjacent to an activating group) is 1. The van der Waals surface area contributed by atoms with Crippen LogP contribution >= 0.6 is 0 Å². The molecule has 122 valence electrons. The molecule has 1 N–H and O–H groups in total. The number of hydrogen-bond acceptors (Lipinski definition) is 3. The molecule has 1 saturated heterocycles. The number of piperidine rings is 1. The first-order chi connectivity index (χ1) is 10.9. The van der Waals surface area contributed by atoms with Crippen LogP contribution in [0, 0.1) is 0 Å². The number of carbonyl (C=O) groups is 3. The summed E-state index contributed by atoms with van der Waals surface area (Å²) in [6.45, 7) is 2.43. The van der Waals surface area contributed by atoms with Crippen molar-refractivity contribution in [2.24, 2.45) is 0 Å². The SMILES string of the molecule is CC1([N+]2(C)CCCCc3ccccc3C2=O)CCC(=O)NC1=O. The van der Waals surface area contributed by atoms with Gasteiger partial charge in [0, 0.05) is 19.8 Å². The van der Waals surface area contributed by atoms with E-state index in [0.29, 0.717) is 18.5 Å². The number of imide groups is 1. The fraction of sp³-hybridized carbons (Fsp3) is 0.500. The number of benzene rings is 1. The maximum atomic E-state index is 13.4. The lowest BCUT2D eigenvalue weighted by Gasteiger charge is -2.47. The van der Waals surface area contributed by atoms with E-state index in [-0.39, 0.29) is 28.6 Å². The number of nitrogens with one attached hydrogen (secondary N) is 1. The monoisotopic (exact) mass is 315 g/mol. The standard InChI is InChI=1S/C18H22N2O3/c1-18(11-10-15(21)19-17(18)23)20(2)12-6-5-8-13-7-3-4-9-14(13)16(20)22/h3-4,7,9H,5-6,8,10-12H2,1-2H3/p+1. The fourth-order valence-corrected chi connectivity index (χ4v) is 3.79. The van der Waals surface area contributed by atoms with Gasteiger partial charge in [0.15, 0.2) is 5.54 Å². The first-order valence-electron chi connectivity index (χ1n) is 8.21. The third-order valence-corrected chi connectivity index (χ3v) is 5.67. The Bertz CT molecular complexity index is 685. The Morgan fingerprint density at radius 2 is 1.83 bits per heavy atom. The minimum atomic E-state index is -0.907. The second-order valence-corrected chi connectivity index (χ2v) is 6.99. The molecule has 0 aromatic heterocycles. The van der Waals surface area contributed by atoms with Gasteiger partial charge in [0.2, 0.25) is 5.91 Å². The van der Waals surface area contributed by atoms with Gasteiger partial charge in [-0.1, -0.05) is 18.2 Å². The van der Waals surface area contributed by atoms with Crippen LogP contribution in [0.3, 0.4) is 0 Å². The van der Waals surface area contributed by atoms with Gasteiger partial charge in [0.05, 0.1) is 19.2 Å². The minimum Gasteiger partial charge on any atom is -0.291 e. The van der Waals surface area contributed by atoms with Crippen molar-refractivity contribution in [2.45, 2.75) is 44.6 Å². The molecule has 23 heavy (non-hydrogen) atoms. The minimum absolute atomic E-state index is 0.0210. The quantitative estimate of drug-likeness (QED) is 0.635. The zero-order chi connectivity index (χ0) is 16.7. The molecule has 5 heteroatoms. The van der Waals surface area contributed by atoms with Crippen LogP contribution in [0.1, 0.15) is 48.5 Å². The average Bonchev–Trinajstić information content (AvgIpc) is 2.53. The molecule has 1 fully saturated rings. The molecule has 0 saturated carbocycles. The lowest BCUT2D eigenvalue weighted by atomic mass is 9.84. The van der Waals surface area contributed by atoms with Crippen LogP contribution in [0.5, 0.6) is 0 Å². The molecule has 0 bridgehead atoms. The normalized spacial score (nSPS) is 31.8. The Kier molecular flexibility index (Phi) is 3.84. The van der Waals surface area contributed by atoms with E-state index in [1.807, 2.05) is 38.2 Å². The molecule has 0 spiro atoms. The van der Waals surface area contributed by atoms with Gasteiger partial charge in [-0.2, -0.15) is 0 Å². The molecule has 2 heterocycles. The highest BCUT2D eigenvalue weighted by Gasteiger charge is 2.57. The summed E-state index contributed by atoms with van der Waals surface area (Å²) in [6.07, 6.45) is 3.46. The summed E-state index contributed by atoms with van der Waals surface area (Å²) in [5.74, 6) is -0.603. The van der Waals surface area contributed by atoms with Gasteiger partial charge in [-0.3, -0.25) is 14.9 Å². The van der Waals surface area contributed by atoms with E-state index < -0.39 is 5.54 Å². The third-order valence-electron chi connectivity index (χ3n) is 5.67. The fourth-order valence-electron chi connectivity index (χ4n) is 3.79. The summed E-state index contributed by atoms with van der Waals surface area (Å²) < 4.78 is 0.0309. The molecule has 1 aromatic carbocycles. The van der Waals surface area contributed by atoms with Crippen LogP contribution in [0.2, 0.25) is 0 Å². The maximum absolute atomic E-state index is 13.4. The number of nitrogens with zero attached hydrogens (tertiary/aromatic N) is 1. The maximum Gasteiger partial charge on any atom is 0.346 e. The summed E-state index contributed by atoms with van der Waals surface area (Å²) in [5, 5.41) is 2.43. The predicted molar refractivity (Wildman–Crippen MR) is 85.6 cm³/mol. The Balaban J connectivity index is 2.08. The number of aryl methyl sites for hydroxylation is 1. The molecule has 2 atom stereocenters. The van der Waals surface area contributed by atoms with Gasteiger partial charge < -0.3 is 0 Å². The highest BCUT2D eigenvalue weighted by atomic mass is 16.2. The molecule has 3 amide bonds. The van der Waals surface area contributed by atoms with Crippen molar-refractivity contribution in [2.75, 3.05) is 13.6 Å². The van der Waals surface area contributed by atoms with Crippen LogP contribution in [0.15, 0.2) is 24.3 Å². The van der Waals surface area contributed by atoms with E-state index in [1.165, 1.54) is 0 Å². The zero-order valence-electron chi connectivity index (χ0n) is 13.7. The van der Waals surface area contributed by atoms with Crippen LogP contribution in [0.4, 0.5) is 0 Å². The van der Waals surface area contributed by atoms with E-state index in [9.17, 15) is 14.4 Å². The van der Waals surface area contributed by atoms with Crippen molar-refractivity contribution >= 4 is 17.7 Å². The lowest BCUT2D eigenvalue weighted by Crippen LogP contribution is -2.72. The Morgan fingerprint density at radius 3 is 2.57 bits per heavy atom. The van der Waals surface area contributed by atoms with Crippen molar-refractivity contribution in [3.05, 3.63) is 35.4 Å². The predicted octanol–water partition coefficient (Wildman–Crippen LogP) is 1.80. The molecule has 2 unspecified atom stereocenters. The van der Waals surface area contributed by atoms with Gasteiger partial charge in [-0.25, -0.2) is 9.28 Å². The van der Waals surface area contributed by atoms with Gasteiger partial charge in [0.1, 0.15) is 0 Å². The number of hydrogen-bond donors (Lipinski definition) is 1. The number of fused-ring (bicyclic) bond motifs is 1. The van der Waals surface area contributed by atoms with E-state index in [4.69, 9.17) is 0 Å². The molecular weight excluding hydrogens is 292 g/mol. The third kappa shape index (κ3) is 2.39. The van der Waals surface area contributed by atoms with Crippen LogP contribution in [-0.2, 0) is 16.0 Å². The van der Waals surface area contributed by atoms with Crippen LogP contribution in [-0.4, -0.2) is 41.3 Å². The first-order valence-corrected chi connectivity index (χ1v) is 8.21. The lowest BCUT2D eigenvalue weighted by molar-refractivity contribution is -0.871. The van der Waals surface area contributed by atoms with Crippen molar-refractivity contribution in [3.63, 3.8) is 0 Å². The van der Waals surface area contributed by atoms with E-state index in [0.717, 1.165) is 24.8 Å². The van der Waals surface area contributed by atoms with Crippen molar-refractivity contribution in [1.82, 2.24) is 5.32 Å². The first kappa shape index (κ1) is 15.9. The summed E-state index contributed by atoms with van der Waals surface area (Å²) in [7, 11) is 1.85. The zero-order valence-corrected chi connectivity index (χ0v) is 13.7. The van der Waals surface area contributed by atoms with Crippen LogP contribution in [0.25, 0.3) is 0 Å². The molecule has 0 radical (unpaired) electrons. The Morgan fingerprint density at radius 1 is 1.09 bits per heavy atom. The second kappa shape index (κ2) is 5.57. The summed E-state index contributed by atoms with van der Waals surface area (Å²) in [6, 6.07) is 7.67. The van der Waals surface area contributed by atoms with Gasteiger partial charge in [0.25, 0.3) is 5.91 Å². The van der Waals surface area contributed by atoms with Crippen molar-refractivity contribution < 1.29 is 18.9 Å². The van der Waals surface area contributed by atoms with Crippen molar-refractivity contribution in [1.29, 1.82) is 0 Å². The Labute approximate surface area is 136 Å². The molecule has 0 aliphatic carbocycles. The van der Waals surface area contributed by atoms with E-state index in [2.05, 4.69) is 5.32 Å². The second-order valence-electron chi connectivity index (χ2n) is 6.99. The van der Waals surface area contributed by atoms with Crippen LogP contribution < -0.4 is 5.32 Å². The van der Waals surface area contributed by atoms with E-state index >= 15 is 0 Å². The highest BCUT2D eigenvalue weighted by molar-refractivity contribution is 6.03. The van der Waals surface area contributed by atoms with Gasteiger partial charge >= 0.3 is 5.91 Å². The number of quaternary nitrogens is 1. The molecule has 3 rings (SSSR count). The summed E-state index contributed by atoms with van der Waals surface area (Å²) in [4.78, 5) is 37.5. The molecule has 2 aliphatic heterocycles. The number of carbonyl (C=O) groups excluding carboxylic acids is 3. The summed E-state index contributed by atoms with van der Waals surface area (Å²) in [5.41, 5.74) is 0.855. The van der Waals surface area contributed by atoms with Gasteiger partial charge in [-0.05, 0) is 30.9 Å². The Hall–Kier alpha value is -2.01. The number of amides is 3. The largest absolute Gasteiger partial charge is 0.346 e. The molecule has 1 aromatic rings. The van der Waals surface area contributed by atoms with E-state index in [1.54, 1.807) is 0 Å². The smallest absolute Gasteiger partial charge is 0.291 e. The van der Waals surface area contributed by atoms with Gasteiger partial charge in [-0.15, -0.1) is 0 Å². The average molecular weight is 315 g/mol. The molecular formula is C18H23N2O3+. The topological polar surface area (TPSA) is 63.2 Å². The van der Waals surface area contributed by atoms with Crippen molar-refractivity contribution in [3.8, 4) is 0 Å². The number of rotatable bonds is 1. The molecule has 5 nitrogen and oxygen atoms in total. The summed E-state index contributed by atoms with van der Waals surface area (Å²) >= 11 is 0. The highest BCUT2D eigenvalue weighted by Crippen LogP contribution is 2.35.